The van der Waals surface area contributed by atoms with Gasteiger partial charge in [0.05, 0.1) is 0 Å². The number of carbonyl (C=O) groups is 1. The number of thioether (sulfide) groups is 1. The second-order valence-corrected chi connectivity index (χ2v) is 6.43. The summed E-state index contributed by atoms with van der Waals surface area (Å²) in [4.78, 5) is 20.9. The molecule has 1 amide bonds. The number of hydrogen-bond acceptors (Lipinski definition) is 4. The van der Waals surface area contributed by atoms with Gasteiger partial charge >= 0.3 is 0 Å². The van der Waals surface area contributed by atoms with Crippen molar-refractivity contribution in [1.82, 2.24) is 9.97 Å². The first-order valence-electron chi connectivity index (χ1n) is 7.59. The number of anilines is 1. The van der Waals surface area contributed by atoms with E-state index in [9.17, 15) is 4.79 Å². The molecule has 24 heavy (non-hydrogen) atoms. The van der Waals surface area contributed by atoms with Gasteiger partial charge in [-0.25, -0.2) is 4.98 Å². The lowest BCUT2D eigenvalue weighted by atomic mass is 10.2. The van der Waals surface area contributed by atoms with Crippen LogP contribution in [0, 0.1) is 0 Å². The largest absolute Gasteiger partial charge is 0.479 e. The van der Waals surface area contributed by atoms with Crippen molar-refractivity contribution in [2.45, 2.75) is 11.0 Å². The molecule has 2 heterocycles. The summed E-state index contributed by atoms with van der Waals surface area (Å²) in [7, 11) is 0. The number of hydrogen-bond donors (Lipinski definition) is 2. The highest BCUT2D eigenvalue weighted by Crippen LogP contribution is 2.35. The molecule has 0 spiro atoms. The fraction of sp³-hybridized carbons (Fsp3) is 0.111. The Morgan fingerprint density at radius 1 is 1.25 bits per heavy atom. The third kappa shape index (κ3) is 3.00. The van der Waals surface area contributed by atoms with E-state index in [0.717, 1.165) is 27.7 Å². The van der Waals surface area contributed by atoms with Gasteiger partial charge in [-0.2, -0.15) is 0 Å². The number of nitrogens with zero attached hydrogens (tertiary/aromatic N) is 1. The summed E-state index contributed by atoms with van der Waals surface area (Å²) in [5.74, 6) is 1.98. The molecule has 2 N–H and O–H groups in total. The van der Waals surface area contributed by atoms with Crippen LogP contribution in [0.2, 0.25) is 0 Å². The molecule has 1 aliphatic rings. The summed E-state index contributed by atoms with van der Waals surface area (Å²) in [6, 6.07) is 15.3. The molecule has 0 saturated carbocycles. The van der Waals surface area contributed by atoms with Crippen LogP contribution in [0.5, 0.6) is 5.75 Å². The molecule has 6 heteroatoms. The highest BCUT2D eigenvalue weighted by atomic mass is 32.2. The maximum Gasteiger partial charge on any atom is 0.266 e. The van der Waals surface area contributed by atoms with E-state index in [-0.39, 0.29) is 5.91 Å². The molecule has 2 aromatic carbocycles. The number of amides is 1. The SMILES string of the molecule is O=C(Nc1cccc(-c2ncc[nH]2)c1)C1CSc2ccccc2O1. The molecule has 1 unspecified atom stereocenters. The first kappa shape index (κ1) is 14.8. The minimum atomic E-state index is -0.503. The highest BCUT2D eigenvalue weighted by molar-refractivity contribution is 7.99. The molecule has 1 aromatic heterocycles. The first-order valence-corrected chi connectivity index (χ1v) is 8.57. The van der Waals surface area contributed by atoms with Crippen LogP contribution in [0.25, 0.3) is 11.4 Å². The fourth-order valence-electron chi connectivity index (χ4n) is 2.54. The number of fused-ring (bicyclic) bond motifs is 1. The lowest BCUT2D eigenvalue weighted by Crippen LogP contribution is -2.36. The van der Waals surface area contributed by atoms with E-state index in [2.05, 4.69) is 15.3 Å². The fourth-order valence-corrected chi connectivity index (χ4v) is 3.52. The summed E-state index contributed by atoms with van der Waals surface area (Å²) in [6.45, 7) is 0. The Hall–Kier alpha value is -2.73. The molecular weight excluding hydrogens is 322 g/mol. The Balaban J connectivity index is 1.48. The molecule has 5 nitrogen and oxygen atoms in total. The Bertz CT molecular complexity index is 864. The van der Waals surface area contributed by atoms with Crippen molar-refractivity contribution < 1.29 is 9.53 Å². The second kappa shape index (κ2) is 6.41. The van der Waals surface area contributed by atoms with Crippen LogP contribution in [-0.4, -0.2) is 27.7 Å². The number of aromatic amines is 1. The summed E-state index contributed by atoms with van der Waals surface area (Å²) < 4.78 is 5.82. The van der Waals surface area contributed by atoms with Crippen molar-refractivity contribution in [3.05, 3.63) is 60.9 Å². The van der Waals surface area contributed by atoms with Gasteiger partial charge in [-0.05, 0) is 24.3 Å². The van der Waals surface area contributed by atoms with E-state index in [1.54, 1.807) is 24.2 Å². The van der Waals surface area contributed by atoms with E-state index < -0.39 is 6.10 Å². The quantitative estimate of drug-likeness (QED) is 0.767. The molecule has 3 aromatic rings. The first-order chi connectivity index (χ1) is 11.8. The zero-order valence-electron chi connectivity index (χ0n) is 12.7. The van der Waals surface area contributed by atoms with E-state index in [0.29, 0.717) is 5.75 Å². The number of imidazole rings is 1. The standard InChI is InChI=1S/C18H15N3O2S/c22-18(15-11-24-16-7-2-1-6-14(16)23-15)21-13-5-3-4-12(10-13)17-19-8-9-20-17/h1-10,15H,11H2,(H,19,20)(H,21,22). The second-order valence-electron chi connectivity index (χ2n) is 5.37. The lowest BCUT2D eigenvalue weighted by Gasteiger charge is -2.24. The van der Waals surface area contributed by atoms with Crippen LogP contribution < -0.4 is 10.1 Å². The number of para-hydroxylation sites is 1. The van der Waals surface area contributed by atoms with Gasteiger partial charge in [0.1, 0.15) is 11.6 Å². The Kier molecular flexibility index (Phi) is 3.96. The van der Waals surface area contributed by atoms with Gasteiger partial charge in [0.25, 0.3) is 5.91 Å². The summed E-state index contributed by atoms with van der Waals surface area (Å²) >= 11 is 1.64. The molecule has 0 saturated heterocycles. The van der Waals surface area contributed by atoms with Gasteiger partial charge in [0.15, 0.2) is 6.10 Å². The zero-order chi connectivity index (χ0) is 16.4. The summed E-state index contributed by atoms with van der Waals surface area (Å²) in [5.41, 5.74) is 1.64. The van der Waals surface area contributed by atoms with Crippen molar-refractivity contribution in [3.8, 4) is 17.1 Å². The lowest BCUT2D eigenvalue weighted by molar-refractivity contribution is -0.122. The Morgan fingerprint density at radius 3 is 3.04 bits per heavy atom. The average molecular weight is 337 g/mol. The number of ether oxygens (including phenoxy) is 1. The molecule has 0 fully saturated rings. The zero-order valence-corrected chi connectivity index (χ0v) is 13.5. The number of nitrogens with one attached hydrogen (secondary N) is 2. The van der Waals surface area contributed by atoms with Crippen LogP contribution in [0.15, 0.2) is 65.8 Å². The van der Waals surface area contributed by atoms with E-state index >= 15 is 0 Å². The molecule has 120 valence electrons. The number of carbonyl (C=O) groups excluding carboxylic acids is 1. The third-order valence-corrected chi connectivity index (χ3v) is 4.82. The maximum absolute atomic E-state index is 12.5. The van der Waals surface area contributed by atoms with Gasteiger partial charge < -0.3 is 15.0 Å². The summed E-state index contributed by atoms with van der Waals surface area (Å²) in [5, 5.41) is 2.93. The normalized spacial score (nSPS) is 16.1. The molecular formula is C18H15N3O2S. The van der Waals surface area contributed by atoms with E-state index in [1.807, 2.05) is 48.5 Å². The van der Waals surface area contributed by atoms with E-state index in [1.165, 1.54) is 0 Å². The maximum atomic E-state index is 12.5. The molecule has 0 radical (unpaired) electrons. The average Bonchev–Trinajstić information content (AvgIpc) is 3.16. The van der Waals surface area contributed by atoms with Crippen LogP contribution in [0.3, 0.4) is 0 Å². The van der Waals surface area contributed by atoms with Gasteiger partial charge in [0, 0.05) is 34.3 Å². The number of aromatic nitrogens is 2. The molecule has 4 rings (SSSR count). The van der Waals surface area contributed by atoms with Gasteiger partial charge in [0.2, 0.25) is 0 Å². The van der Waals surface area contributed by atoms with Crippen LogP contribution in [0.1, 0.15) is 0 Å². The topological polar surface area (TPSA) is 67.0 Å². The van der Waals surface area contributed by atoms with Crippen molar-refractivity contribution in [1.29, 1.82) is 0 Å². The Morgan fingerprint density at radius 2 is 2.17 bits per heavy atom. The van der Waals surface area contributed by atoms with Crippen LogP contribution in [-0.2, 0) is 4.79 Å². The number of rotatable bonds is 3. The van der Waals surface area contributed by atoms with Gasteiger partial charge in [-0.1, -0.05) is 24.3 Å². The molecule has 0 bridgehead atoms. The number of H-pyrrole nitrogens is 1. The predicted molar refractivity (Wildman–Crippen MR) is 94.2 cm³/mol. The van der Waals surface area contributed by atoms with E-state index in [4.69, 9.17) is 4.74 Å². The highest BCUT2D eigenvalue weighted by Gasteiger charge is 2.26. The van der Waals surface area contributed by atoms with Crippen molar-refractivity contribution in [2.24, 2.45) is 0 Å². The van der Waals surface area contributed by atoms with Crippen molar-refractivity contribution in [2.75, 3.05) is 11.1 Å². The van der Waals surface area contributed by atoms with Gasteiger partial charge in [-0.3, -0.25) is 4.79 Å². The minimum absolute atomic E-state index is 0.145. The summed E-state index contributed by atoms with van der Waals surface area (Å²) in [6.07, 6.45) is 2.97. The van der Waals surface area contributed by atoms with Gasteiger partial charge in [-0.15, -0.1) is 11.8 Å². The van der Waals surface area contributed by atoms with Crippen molar-refractivity contribution >= 4 is 23.4 Å². The monoisotopic (exact) mass is 337 g/mol. The predicted octanol–water partition coefficient (Wildman–Crippen LogP) is 3.57. The molecule has 0 aliphatic carbocycles. The Labute approximate surface area is 143 Å². The molecule has 1 aliphatic heterocycles. The van der Waals surface area contributed by atoms with Crippen LogP contribution in [0.4, 0.5) is 5.69 Å². The molecule has 1 atom stereocenters. The third-order valence-electron chi connectivity index (χ3n) is 3.70. The van der Waals surface area contributed by atoms with Crippen molar-refractivity contribution in [3.63, 3.8) is 0 Å². The smallest absolute Gasteiger partial charge is 0.266 e. The number of benzene rings is 2. The van der Waals surface area contributed by atoms with Crippen LogP contribution >= 0.6 is 11.8 Å². The minimum Gasteiger partial charge on any atom is -0.479 e.